The Morgan fingerprint density at radius 2 is 2.10 bits per heavy atom. The number of rotatable bonds is 7. The first kappa shape index (κ1) is 20.6. The van der Waals surface area contributed by atoms with Gasteiger partial charge in [-0.3, -0.25) is 9.69 Å². The fourth-order valence-corrected chi connectivity index (χ4v) is 4.97. The summed E-state index contributed by atoms with van der Waals surface area (Å²) in [6.07, 6.45) is 6.65. The smallest absolute Gasteiger partial charge is 0.233 e. The molecule has 0 atom stereocenters. The molecule has 1 amide bonds. The zero-order chi connectivity index (χ0) is 21.1. The lowest BCUT2D eigenvalue weighted by Crippen LogP contribution is -2.33. The summed E-state index contributed by atoms with van der Waals surface area (Å²) in [5.74, 6) is 0.0500. The van der Waals surface area contributed by atoms with Crippen LogP contribution in [0.2, 0.25) is 5.02 Å². The van der Waals surface area contributed by atoms with Gasteiger partial charge in [0.25, 0.3) is 0 Å². The predicted molar refractivity (Wildman–Crippen MR) is 123 cm³/mol. The largest absolute Gasteiger partial charge is 0.337 e. The summed E-state index contributed by atoms with van der Waals surface area (Å²) in [5, 5.41) is 1.41. The van der Waals surface area contributed by atoms with E-state index < -0.39 is 0 Å². The van der Waals surface area contributed by atoms with Crippen molar-refractivity contribution in [1.29, 1.82) is 0 Å². The quantitative estimate of drug-likeness (QED) is 0.386. The highest BCUT2D eigenvalue weighted by molar-refractivity contribution is 7.22. The molecule has 0 saturated carbocycles. The molecule has 0 spiro atoms. The molecule has 2 aromatic carbocycles. The Kier molecular flexibility index (Phi) is 6.16. The molecule has 0 aliphatic carbocycles. The van der Waals surface area contributed by atoms with Crippen LogP contribution in [0, 0.1) is 13.8 Å². The maximum atomic E-state index is 13.3. The molecule has 2 aromatic heterocycles. The number of imidazole rings is 1. The molecule has 4 aromatic rings. The zero-order valence-electron chi connectivity index (χ0n) is 17.0. The Hall–Kier alpha value is -2.70. The van der Waals surface area contributed by atoms with Gasteiger partial charge in [0, 0.05) is 30.5 Å². The van der Waals surface area contributed by atoms with Crippen LogP contribution in [0.3, 0.4) is 0 Å². The van der Waals surface area contributed by atoms with Crippen LogP contribution in [0.4, 0.5) is 5.13 Å². The topological polar surface area (TPSA) is 51.0 Å². The normalized spacial score (nSPS) is 11.2. The molecule has 30 heavy (non-hydrogen) atoms. The molecule has 2 heterocycles. The average Bonchev–Trinajstić information content (AvgIpc) is 3.35. The molecule has 7 heteroatoms. The summed E-state index contributed by atoms with van der Waals surface area (Å²) in [6, 6.07) is 11.9. The van der Waals surface area contributed by atoms with Gasteiger partial charge in [-0.05, 0) is 43.5 Å². The molecule has 0 aliphatic heterocycles. The van der Waals surface area contributed by atoms with Crippen LogP contribution in [-0.2, 0) is 17.8 Å². The average molecular weight is 439 g/mol. The van der Waals surface area contributed by atoms with Gasteiger partial charge in [0.1, 0.15) is 0 Å². The minimum atomic E-state index is 0.0500. The lowest BCUT2D eigenvalue weighted by atomic mass is 10.1. The van der Waals surface area contributed by atoms with E-state index in [9.17, 15) is 4.79 Å². The molecule has 0 bridgehead atoms. The van der Waals surface area contributed by atoms with Crippen molar-refractivity contribution in [2.24, 2.45) is 0 Å². The number of hydrogen-bond donors (Lipinski definition) is 0. The second kappa shape index (κ2) is 8.98. The van der Waals surface area contributed by atoms with Crippen LogP contribution in [0.15, 0.2) is 55.1 Å². The zero-order valence-corrected chi connectivity index (χ0v) is 18.6. The fourth-order valence-electron chi connectivity index (χ4n) is 3.51. The predicted octanol–water partition coefficient (Wildman–Crippen LogP) is 5.43. The van der Waals surface area contributed by atoms with Gasteiger partial charge >= 0.3 is 0 Å². The number of benzene rings is 2. The highest BCUT2D eigenvalue weighted by Crippen LogP contribution is 2.33. The van der Waals surface area contributed by atoms with Crippen LogP contribution >= 0.6 is 22.9 Å². The third-order valence-electron chi connectivity index (χ3n) is 4.97. The van der Waals surface area contributed by atoms with Gasteiger partial charge in [-0.25, -0.2) is 9.97 Å². The molecule has 0 saturated heterocycles. The van der Waals surface area contributed by atoms with Crippen LogP contribution < -0.4 is 4.90 Å². The molecule has 0 aliphatic rings. The maximum absolute atomic E-state index is 13.3. The summed E-state index contributed by atoms with van der Waals surface area (Å²) in [7, 11) is 0. The number of carbonyl (C=O) groups is 1. The highest BCUT2D eigenvalue weighted by atomic mass is 35.5. The van der Waals surface area contributed by atoms with Gasteiger partial charge in [-0.15, -0.1) is 0 Å². The third kappa shape index (κ3) is 4.71. The van der Waals surface area contributed by atoms with E-state index in [4.69, 9.17) is 16.6 Å². The van der Waals surface area contributed by atoms with Crippen molar-refractivity contribution in [3.63, 3.8) is 0 Å². The number of thiazole rings is 1. The van der Waals surface area contributed by atoms with Gasteiger partial charge < -0.3 is 4.57 Å². The number of aromatic nitrogens is 3. The number of aryl methyl sites for hydroxylation is 3. The first-order valence-electron chi connectivity index (χ1n) is 9.88. The number of amides is 1. The summed E-state index contributed by atoms with van der Waals surface area (Å²) >= 11 is 7.74. The summed E-state index contributed by atoms with van der Waals surface area (Å²) in [6.45, 7) is 5.42. The molecular formula is C23H23ClN4OS. The van der Waals surface area contributed by atoms with Crippen LogP contribution in [-0.4, -0.2) is 27.0 Å². The summed E-state index contributed by atoms with van der Waals surface area (Å²) in [5.41, 5.74) is 4.09. The van der Waals surface area contributed by atoms with E-state index in [0.29, 0.717) is 18.0 Å². The van der Waals surface area contributed by atoms with E-state index in [-0.39, 0.29) is 5.91 Å². The second-order valence-corrected chi connectivity index (χ2v) is 8.88. The molecular weight excluding hydrogens is 416 g/mol. The second-order valence-electron chi connectivity index (χ2n) is 7.43. The molecule has 4 rings (SSSR count). The number of anilines is 1. The number of halogens is 1. The fraction of sp³-hybridized carbons (Fsp3) is 0.261. The standard InChI is InChI=1S/C23H23ClN4OS/c1-16-5-3-6-18(11-16)13-21(29)28(9-4-8-27-10-7-25-15-27)23-26-22-17(2)12-19(24)14-20(22)30-23/h3,5-7,10-12,14-15H,4,8-9,13H2,1-2H3. The number of fused-ring (bicyclic) bond motifs is 1. The van der Waals surface area contributed by atoms with Crippen molar-refractivity contribution in [2.45, 2.75) is 33.2 Å². The van der Waals surface area contributed by atoms with E-state index in [1.807, 2.05) is 59.8 Å². The molecule has 5 nitrogen and oxygen atoms in total. The lowest BCUT2D eigenvalue weighted by Gasteiger charge is -2.20. The van der Waals surface area contributed by atoms with Gasteiger partial charge in [-0.2, -0.15) is 0 Å². The van der Waals surface area contributed by atoms with Crippen molar-refractivity contribution < 1.29 is 4.79 Å². The van der Waals surface area contributed by atoms with E-state index in [2.05, 4.69) is 11.1 Å². The number of carbonyl (C=O) groups excluding carboxylic acids is 1. The van der Waals surface area contributed by atoms with Crippen molar-refractivity contribution in [3.8, 4) is 0 Å². The van der Waals surface area contributed by atoms with E-state index in [1.165, 1.54) is 11.3 Å². The van der Waals surface area contributed by atoms with Gasteiger partial charge in [0.05, 0.1) is 23.0 Å². The first-order chi connectivity index (χ1) is 14.5. The minimum Gasteiger partial charge on any atom is -0.337 e. The SMILES string of the molecule is Cc1cccc(CC(=O)N(CCCn2ccnc2)c2nc3c(C)cc(Cl)cc3s2)c1. The van der Waals surface area contributed by atoms with Crippen molar-refractivity contribution in [2.75, 3.05) is 11.4 Å². The van der Waals surface area contributed by atoms with E-state index in [0.717, 1.165) is 45.0 Å². The minimum absolute atomic E-state index is 0.0500. The highest BCUT2D eigenvalue weighted by Gasteiger charge is 2.20. The van der Waals surface area contributed by atoms with Crippen LogP contribution in [0.5, 0.6) is 0 Å². The third-order valence-corrected chi connectivity index (χ3v) is 6.21. The summed E-state index contributed by atoms with van der Waals surface area (Å²) < 4.78 is 3.02. The van der Waals surface area contributed by atoms with Gasteiger partial charge in [0.2, 0.25) is 5.91 Å². The Bertz CT molecular complexity index is 1170. The Balaban J connectivity index is 1.60. The number of nitrogens with zero attached hydrogens (tertiary/aromatic N) is 4. The number of hydrogen-bond acceptors (Lipinski definition) is 4. The van der Waals surface area contributed by atoms with Crippen LogP contribution in [0.25, 0.3) is 10.2 Å². The Labute approximate surface area is 185 Å². The van der Waals surface area contributed by atoms with Gasteiger partial charge in [-0.1, -0.05) is 52.8 Å². The van der Waals surface area contributed by atoms with Crippen LogP contribution in [0.1, 0.15) is 23.1 Å². The molecule has 0 unspecified atom stereocenters. The lowest BCUT2D eigenvalue weighted by molar-refractivity contribution is -0.118. The monoisotopic (exact) mass is 438 g/mol. The van der Waals surface area contributed by atoms with Crippen molar-refractivity contribution in [1.82, 2.24) is 14.5 Å². The van der Waals surface area contributed by atoms with Gasteiger partial charge in [0.15, 0.2) is 5.13 Å². The molecule has 0 N–H and O–H groups in total. The Morgan fingerprint density at radius 3 is 2.87 bits per heavy atom. The summed E-state index contributed by atoms with van der Waals surface area (Å²) in [4.78, 5) is 24.0. The maximum Gasteiger partial charge on any atom is 0.233 e. The molecule has 154 valence electrons. The molecule has 0 radical (unpaired) electrons. The first-order valence-corrected chi connectivity index (χ1v) is 11.1. The van der Waals surface area contributed by atoms with Crippen molar-refractivity contribution in [3.05, 3.63) is 76.8 Å². The molecule has 0 fully saturated rings. The van der Waals surface area contributed by atoms with E-state index in [1.54, 1.807) is 12.5 Å². The Morgan fingerprint density at radius 1 is 1.23 bits per heavy atom. The van der Waals surface area contributed by atoms with Crippen molar-refractivity contribution >= 4 is 44.2 Å². The van der Waals surface area contributed by atoms with E-state index >= 15 is 0 Å².